The van der Waals surface area contributed by atoms with E-state index in [4.69, 9.17) is 4.74 Å². The van der Waals surface area contributed by atoms with Crippen LogP contribution in [0.1, 0.15) is 44.9 Å². The Morgan fingerprint density at radius 1 is 1.25 bits per heavy atom. The van der Waals surface area contributed by atoms with Crippen molar-refractivity contribution in [3.63, 3.8) is 0 Å². The maximum absolute atomic E-state index is 14.0. The molecule has 0 aromatic rings. The van der Waals surface area contributed by atoms with Crippen LogP contribution in [0, 0.1) is 5.92 Å². The normalized spacial score (nSPS) is 30.1. The van der Waals surface area contributed by atoms with Crippen molar-refractivity contribution < 1.29 is 22.7 Å². The summed E-state index contributed by atoms with van der Waals surface area (Å²) in [5.41, 5.74) is -2.39. The van der Waals surface area contributed by atoms with Gasteiger partial charge in [0.05, 0.1) is 23.6 Å². The fraction of sp³-hybridized carbons (Fsp3) is 0.750. The molecule has 3 aliphatic rings. The minimum Gasteiger partial charge on any atom is -0.379 e. The Bertz CT molecular complexity index is 611. The molecule has 1 saturated carbocycles. The molecule has 2 atom stereocenters. The highest BCUT2D eigenvalue weighted by Gasteiger charge is 2.56. The topological polar surface area (TPSA) is 41.6 Å². The van der Waals surface area contributed by atoms with Crippen LogP contribution in [-0.4, -0.2) is 53.8 Å². The van der Waals surface area contributed by atoms with Gasteiger partial charge in [-0.05, 0) is 12.3 Å². The number of carbonyl (C=O) groups excluding carboxylic acids is 1. The van der Waals surface area contributed by atoms with Crippen molar-refractivity contribution in [2.24, 2.45) is 5.92 Å². The molecule has 8 heteroatoms. The number of ether oxygens (including phenoxy) is 1. The Hall–Kier alpha value is -0.860. The minimum absolute atomic E-state index is 0.255. The van der Waals surface area contributed by atoms with E-state index in [0.29, 0.717) is 32.2 Å². The van der Waals surface area contributed by atoms with Crippen LogP contribution in [0.4, 0.5) is 13.2 Å². The summed E-state index contributed by atoms with van der Waals surface area (Å²) >= 11 is 3.41. The number of hydrogen-bond acceptors (Lipinski definition) is 3. The minimum atomic E-state index is -4.55. The summed E-state index contributed by atoms with van der Waals surface area (Å²) in [6.45, 7) is 1.33. The smallest absolute Gasteiger partial charge is 0.379 e. The number of morpholine rings is 1. The number of allylic oxidation sites excluding steroid dienone is 2. The lowest BCUT2D eigenvalue weighted by Gasteiger charge is -2.50. The lowest BCUT2D eigenvalue weighted by atomic mass is 9.85. The van der Waals surface area contributed by atoms with Crippen LogP contribution in [0.3, 0.4) is 0 Å². The van der Waals surface area contributed by atoms with E-state index >= 15 is 0 Å². The van der Waals surface area contributed by atoms with Crippen molar-refractivity contribution in [2.45, 2.75) is 61.6 Å². The quantitative estimate of drug-likeness (QED) is 0.616. The number of rotatable bonds is 5. The molecule has 158 valence electrons. The SMILES string of the molecule is O=C(CCC1CCCCC1)NC1(N2CCOCC2)C(C(F)(F)F)=CC=CC1Br. The zero-order valence-electron chi connectivity index (χ0n) is 15.9. The second-order valence-corrected chi connectivity index (χ2v) is 8.81. The predicted octanol–water partition coefficient (Wildman–Crippen LogP) is 4.31. The first-order valence-corrected chi connectivity index (χ1v) is 11.0. The van der Waals surface area contributed by atoms with E-state index in [0.717, 1.165) is 25.3 Å². The molecular weight excluding hydrogens is 437 g/mol. The first-order valence-electron chi connectivity index (χ1n) is 10.1. The Kier molecular flexibility index (Phi) is 7.26. The molecule has 1 N–H and O–H groups in total. The Morgan fingerprint density at radius 2 is 1.93 bits per heavy atom. The predicted molar refractivity (Wildman–Crippen MR) is 105 cm³/mol. The van der Waals surface area contributed by atoms with Gasteiger partial charge in [-0.1, -0.05) is 66.3 Å². The van der Waals surface area contributed by atoms with Gasteiger partial charge in [-0.25, -0.2) is 0 Å². The Labute approximate surface area is 172 Å². The largest absolute Gasteiger partial charge is 0.416 e. The van der Waals surface area contributed by atoms with Gasteiger partial charge in [0.25, 0.3) is 0 Å². The molecule has 2 aliphatic carbocycles. The molecule has 0 radical (unpaired) electrons. The summed E-state index contributed by atoms with van der Waals surface area (Å²) in [6, 6.07) is 0. The number of nitrogens with one attached hydrogen (secondary N) is 1. The molecule has 28 heavy (non-hydrogen) atoms. The average Bonchev–Trinajstić information content (AvgIpc) is 2.68. The van der Waals surface area contributed by atoms with Crippen LogP contribution in [0.2, 0.25) is 0 Å². The molecule has 1 aliphatic heterocycles. The fourth-order valence-electron chi connectivity index (χ4n) is 4.54. The van der Waals surface area contributed by atoms with Crippen LogP contribution in [-0.2, 0) is 9.53 Å². The molecule has 2 unspecified atom stereocenters. The molecule has 0 bridgehead atoms. The lowest BCUT2D eigenvalue weighted by Crippen LogP contribution is -2.70. The molecule has 1 saturated heterocycles. The number of alkyl halides is 4. The molecule has 0 aromatic heterocycles. The van der Waals surface area contributed by atoms with E-state index in [1.54, 1.807) is 11.0 Å². The molecule has 0 aromatic carbocycles. The van der Waals surface area contributed by atoms with E-state index in [9.17, 15) is 18.0 Å². The maximum atomic E-state index is 14.0. The highest BCUT2D eigenvalue weighted by Crippen LogP contribution is 2.43. The number of hydrogen-bond donors (Lipinski definition) is 1. The van der Waals surface area contributed by atoms with Crippen molar-refractivity contribution in [3.05, 3.63) is 23.8 Å². The first-order chi connectivity index (χ1) is 13.3. The zero-order chi connectivity index (χ0) is 20.2. The monoisotopic (exact) mass is 464 g/mol. The third-order valence-corrected chi connectivity index (χ3v) is 6.97. The lowest BCUT2D eigenvalue weighted by molar-refractivity contribution is -0.136. The first kappa shape index (κ1) is 21.8. The van der Waals surface area contributed by atoms with Crippen LogP contribution in [0.15, 0.2) is 23.8 Å². The van der Waals surface area contributed by atoms with Gasteiger partial charge in [0.2, 0.25) is 5.91 Å². The summed E-state index contributed by atoms with van der Waals surface area (Å²) in [4.78, 5) is 13.8. The van der Waals surface area contributed by atoms with Crippen molar-refractivity contribution in [3.8, 4) is 0 Å². The standard InChI is InChI=1S/C20H28BrF3N2O2/c21-17-8-4-7-16(20(22,23)24)19(17,26-11-13-28-14-12-26)25-18(27)10-9-15-5-2-1-3-6-15/h4,7-8,15,17H,1-3,5-6,9-14H2,(H,25,27). The fourth-order valence-corrected chi connectivity index (χ4v) is 5.36. The van der Waals surface area contributed by atoms with E-state index < -0.39 is 22.2 Å². The molecule has 2 fully saturated rings. The van der Waals surface area contributed by atoms with Gasteiger partial charge in [0, 0.05) is 19.5 Å². The average molecular weight is 465 g/mol. The summed E-state index contributed by atoms with van der Waals surface area (Å²) < 4.78 is 47.2. The second-order valence-electron chi connectivity index (χ2n) is 7.82. The van der Waals surface area contributed by atoms with Crippen LogP contribution in [0.5, 0.6) is 0 Å². The summed E-state index contributed by atoms with van der Waals surface area (Å²) in [5.74, 6) is 0.175. The second kappa shape index (κ2) is 9.30. The molecule has 1 amide bonds. The number of halogens is 4. The maximum Gasteiger partial charge on any atom is 0.416 e. The number of amides is 1. The van der Waals surface area contributed by atoms with Gasteiger partial charge in [0.15, 0.2) is 0 Å². The van der Waals surface area contributed by atoms with E-state index in [1.165, 1.54) is 25.3 Å². The van der Waals surface area contributed by atoms with E-state index in [1.807, 2.05) is 0 Å². The third kappa shape index (κ3) is 4.82. The summed E-state index contributed by atoms with van der Waals surface area (Å²) in [6.07, 6.45) is 6.39. The Morgan fingerprint density at radius 3 is 2.57 bits per heavy atom. The Balaban J connectivity index is 1.80. The van der Waals surface area contributed by atoms with Crippen molar-refractivity contribution in [1.29, 1.82) is 0 Å². The van der Waals surface area contributed by atoms with Crippen molar-refractivity contribution >= 4 is 21.8 Å². The van der Waals surface area contributed by atoms with Crippen LogP contribution < -0.4 is 5.32 Å². The molecule has 0 spiro atoms. The molecule has 1 heterocycles. The molecular formula is C20H28BrF3N2O2. The molecule has 3 rings (SSSR count). The van der Waals surface area contributed by atoms with E-state index in [2.05, 4.69) is 21.2 Å². The van der Waals surface area contributed by atoms with Gasteiger partial charge in [0.1, 0.15) is 5.66 Å². The summed E-state index contributed by atoms with van der Waals surface area (Å²) in [7, 11) is 0. The van der Waals surface area contributed by atoms with Gasteiger partial charge in [-0.2, -0.15) is 13.2 Å². The summed E-state index contributed by atoms with van der Waals surface area (Å²) in [5, 5.41) is 2.79. The van der Waals surface area contributed by atoms with Crippen LogP contribution in [0.25, 0.3) is 0 Å². The van der Waals surface area contributed by atoms with Gasteiger partial charge in [-0.15, -0.1) is 0 Å². The third-order valence-electron chi connectivity index (χ3n) is 6.00. The van der Waals surface area contributed by atoms with Gasteiger partial charge >= 0.3 is 6.18 Å². The van der Waals surface area contributed by atoms with Crippen molar-refractivity contribution in [1.82, 2.24) is 10.2 Å². The van der Waals surface area contributed by atoms with Crippen molar-refractivity contribution in [2.75, 3.05) is 26.3 Å². The highest BCUT2D eigenvalue weighted by atomic mass is 79.9. The zero-order valence-corrected chi connectivity index (χ0v) is 17.5. The van der Waals surface area contributed by atoms with Gasteiger partial charge in [-0.3, -0.25) is 9.69 Å². The highest BCUT2D eigenvalue weighted by molar-refractivity contribution is 9.09. The van der Waals surface area contributed by atoms with E-state index in [-0.39, 0.29) is 12.3 Å². The van der Waals surface area contributed by atoms with Gasteiger partial charge < -0.3 is 10.1 Å². The number of nitrogens with zero attached hydrogens (tertiary/aromatic N) is 1. The van der Waals surface area contributed by atoms with Crippen LogP contribution >= 0.6 is 15.9 Å². The number of carbonyl (C=O) groups is 1. The molecule has 4 nitrogen and oxygen atoms in total.